The highest BCUT2D eigenvalue weighted by atomic mass is 19.4. The van der Waals surface area contributed by atoms with E-state index in [9.17, 15) is 13.2 Å². The summed E-state index contributed by atoms with van der Waals surface area (Å²) < 4.78 is 38.9. The molecule has 1 aliphatic heterocycles. The Morgan fingerprint density at radius 3 is 2.19 bits per heavy atom. The summed E-state index contributed by atoms with van der Waals surface area (Å²) in [5.41, 5.74) is 5.28. The molecule has 0 amide bonds. The zero-order valence-electron chi connectivity index (χ0n) is 12.9. The van der Waals surface area contributed by atoms with Crippen molar-refractivity contribution in [3.8, 4) is 0 Å². The summed E-state index contributed by atoms with van der Waals surface area (Å²) in [5.74, 6) is 0. The lowest BCUT2D eigenvalue weighted by Gasteiger charge is -2.32. The molecule has 0 bridgehead atoms. The van der Waals surface area contributed by atoms with Gasteiger partial charge in [-0.25, -0.2) is 0 Å². The molecule has 1 saturated heterocycles. The Bertz CT molecular complexity index is 438. The number of hydrogen-bond acceptors (Lipinski definition) is 3. The molecule has 1 heterocycles. The second-order valence-corrected chi connectivity index (χ2v) is 4.99. The minimum atomic E-state index is -4.35. The molecule has 120 valence electrons. The Morgan fingerprint density at radius 2 is 1.67 bits per heavy atom. The lowest BCUT2D eigenvalue weighted by molar-refractivity contribution is -0.138. The van der Waals surface area contributed by atoms with E-state index < -0.39 is 11.7 Å². The molecule has 1 aromatic rings. The van der Waals surface area contributed by atoms with Gasteiger partial charge in [-0.1, -0.05) is 19.9 Å². The standard InChI is InChI=1S/C13H18F3N3.C2H6/c1-18-4-6-19(7-5-18)9-10-2-3-11(17)8-12(10)13(14,15)16;1-2/h2-3,8H,4-7,9,17H2,1H3;1-2H3. The van der Waals surface area contributed by atoms with Crippen LogP contribution in [-0.2, 0) is 12.7 Å². The first-order valence-corrected chi connectivity index (χ1v) is 7.23. The first kappa shape index (κ1) is 17.8. The van der Waals surface area contributed by atoms with Crippen molar-refractivity contribution in [2.45, 2.75) is 26.6 Å². The average molecular weight is 303 g/mol. The maximum atomic E-state index is 13.0. The Kier molecular flexibility index (Phi) is 6.48. The maximum Gasteiger partial charge on any atom is 0.416 e. The van der Waals surface area contributed by atoms with E-state index in [2.05, 4.69) is 4.90 Å². The van der Waals surface area contributed by atoms with Gasteiger partial charge in [0.1, 0.15) is 0 Å². The average Bonchev–Trinajstić information content (AvgIpc) is 2.44. The molecular formula is C15H24F3N3. The third-order valence-electron chi connectivity index (χ3n) is 3.43. The SMILES string of the molecule is CC.CN1CCN(Cc2ccc(N)cc2C(F)(F)F)CC1. The highest BCUT2D eigenvalue weighted by Crippen LogP contribution is 2.33. The summed E-state index contributed by atoms with van der Waals surface area (Å²) >= 11 is 0. The summed E-state index contributed by atoms with van der Waals surface area (Å²) in [7, 11) is 2.02. The van der Waals surface area contributed by atoms with Gasteiger partial charge in [0, 0.05) is 38.4 Å². The molecule has 0 radical (unpaired) electrons. The normalized spacial score (nSPS) is 17.2. The summed E-state index contributed by atoms with van der Waals surface area (Å²) in [4.78, 5) is 4.21. The van der Waals surface area contributed by atoms with E-state index in [4.69, 9.17) is 5.73 Å². The minimum Gasteiger partial charge on any atom is -0.399 e. The Labute approximate surface area is 124 Å². The monoisotopic (exact) mass is 303 g/mol. The number of anilines is 1. The second-order valence-electron chi connectivity index (χ2n) is 4.99. The lowest BCUT2D eigenvalue weighted by atomic mass is 10.1. The molecule has 1 aliphatic rings. The Balaban J connectivity index is 0.00000106. The van der Waals surface area contributed by atoms with Crippen LogP contribution >= 0.6 is 0 Å². The predicted molar refractivity (Wildman–Crippen MR) is 80.0 cm³/mol. The van der Waals surface area contributed by atoms with E-state index in [1.165, 1.54) is 12.1 Å². The summed E-state index contributed by atoms with van der Waals surface area (Å²) in [6.45, 7) is 7.67. The Hall–Kier alpha value is -1.27. The number of nitrogens with two attached hydrogens (primary N) is 1. The van der Waals surface area contributed by atoms with Gasteiger partial charge in [-0.15, -0.1) is 0 Å². The molecule has 3 nitrogen and oxygen atoms in total. The van der Waals surface area contributed by atoms with E-state index >= 15 is 0 Å². The molecule has 1 fully saturated rings. The molecule has 0 saturated carbocycles. The van der Waals surface area contributed by atoms with Crippen LogP contribution in [0.1, 0.15) is 25.0 Å². The van der Waals surface area contributed by atoms with Gasteiger partial charge < -0.3 is 10.6 Å². The van der Waals surface area contributed by atoms with Crippen molar-refractivity contribution in [1.82, 2.24) is 9.80 Å². The fourth-order valence-electron chi connectivity index (χ4n) is 2.24. The fourth-order valence-corrected chi connectivity index (χ4v) is 2.24. The van der Waals surface area contributed by atoms with Crippen LogP contribution < -0.4 is 5.73 Å². The molecule has 2 N–H and O–H groups in total. The predicted octanol–water partition coefficient (Wildman–Crippen LogP) is 3.06. The molecule has 0 unspecified atom stereocenters. The van der Waals surface area contributed by atoms with Gasteiger partial charge in [0.05, 0.1) is 5.56 Å². The number of alkyl halides is 3. The fraction of sp³-hybridized carbons (Fsp3) is 0.600. The number of nitrogen functional groups attached to an aromatic ring is 1. The third kappa shape index (κ3) is 5.21. The number of benzene rings is 1. The molecule has 1 aromatic carbocycles. The zero-order valence-corrected chi connectivity index (χ0v) is 12.9. The number of likely N-dealkylation sites (N-methyl/N-ethyl adjacent to an activating group) is 1. The van der Waals surface area contributed by atoms with Gasteiger partial charge in [0.25, 0.3) is 0 Å². The van der Waals surface area contributed by atoms with Crippen molar-refractivity contribution in [2.24, 2.45) is 0 Å². The van der Waals surface area contributed by atoms with Crippen LogP contribution in [0.15, 0.2) is 18.2 Å². The molecule has 0 aromatic heterocycles. The van der Waals surface area contributed by atoms with Crippen molar-refractivity contribution in [1.29, 1.82) is 0 Å². The Morgan fingerprint density at radius 1 is 1.10 bits per heavy atom. The molecule has 21 heavy (non-hydrogen) atoms. The van der Waals surface area contributed by atoms with Gasteiger partial charge in [-0.2, -0.15) is 13.2 Å². The van der Waals surface area contributed by atoms with Crippen LogP contribution in [0.5, 0.6) is 0 Å². The molecule has 0 atom stereocenters. The molecule has 0 spiro atoms. The lowest BCUT2D eigenvalue weighted by Crippen LogP contribution is -2.44. The molecule has 2 rings (SSSR count). The minimum absolute atomic E-state index is 0.148. The first-order chi connectivity index (χ1) is 9.86. The van der Waals surface area contributed by atoms with Crippen LogP contribution in [0.2, 0.25) is 0 Å². The van der Waals surface area contributed by atoms with E-state index in [-0.39, 0.29) is 5.69 Å². The van der Waals surface area contributed by atoms with Crippen molar-refractivity contribution < 1.29 is 13.2 Å². The topological polar surface area (TPSA) is 32.5 Å². The van der Waals surface area contributed by atoms with Crippen molar-refractivity contribution in [3.05, 3.63) is 29.3 Å². The molecular weight excluding hydrogens is 279 g/mol. The van der Waals surface area contributed by atoms with E-state index in [0.29, 0.717) is 12.1 Å². The van der Waals surface area contributed by atoms with Crippen LogP contribution in [0.25, 0.3) is 0 Å². The summed E-state index contributed by atoms with van der Waals surface area (Å²) in [5, 5.41) is 0. The van der Waals surface area contributed by atoms with Crippen LogP contribution in [0.3, 0.4) is 0 Å². The third-order valence-corrected chi connectivity index (χ3v) is 3.43. The quantitative estimate of drug-likeness (QED) is 0.852. The van der Waals surface area contributed by atoms with E-state index in [1.54, 1.807) is 0 Å². The van der Waals surface area contributed by atoms with Crippen molar-refractivity contribution in [2.75, 3.05) is 39.0 Å². The van der Waals surface area contributed by atoms with E-state index in [1.807, 2.05) is 25.8 Å². The van der Waals surface area contributed by atoms with Gasteiger partial charge in [-0.3, -0.25) is 4.90 Å². The zero-order chi connectivity index (χ0) is 16.0. The highest BCUT2D eigenvalue weighted by molar-refractivity contribution is 5.46. The maximum absolute atomic E-state index is 13.0. The number of piperazine rings is 1. The number of hydrogen-bond donors (Lipinski definition) is 1. The highest BCUT2D eigenvalue weighted by Gasteiger charge is 2.33. The van der Waals surface area contributed by atoms with E-state index in [0.717, 1.165) is 32.2 Å². The van der Waals surface area contributed by atoms with Crippen LogP contribution in [0.4, 0.5) is 18.9 Å². The summed E-state index contributed by atoms with van der Waals surface area (Å²) in [6, 6.07) is 4.03. The van der Waals surface area contributed by atoms with Gasteiger partial charge >= 0.3 is 6.18 Å². The summed E-state index contributed by atoms with van der Waals surface area (Å²) in [6.07, 6.45) is -4.35. The second kappa shape index (κ2) is 7.66. The largest absolute Gasteiger partial charge is 0.416 e. The van der Waals surface area contributed by atoms with Gasteiger partial charge in [-0.05, 0) is 24.7 Å². The number of rotatable bonds is 2. The van der Waals surface area contributed by atoms with Crippen molar-refractivity contribution in [3.63, 3.8) is 0 Å². The van der Waals surface area contributed by atoms with Gasteiger partial charge in [0.15, 0.2) is 0 Å². The molecule has 6 heteroatoms. The van der Waals surface area contributed by atoms with Gasteiger partial charge in [0.2, 0.25) is 0 Å². The molecule has 0 aliphatic carbocycles. The number of halogens is 3. The van der Waals surface area contributed by atoms with Crippen LogP contribution in [-0.4, -0.2) is 43.0 Å². The van der Waals surface area contributed by atoms with Crippen molar-refractivity contribution >= 4 is 5.69 Å². The van der Waals surface area contributed by atoms with Crippen LogP contribution in [0, 0.1) is 0 Å². The smallest absolute Gasteiger partial charge is 0.399 e. The first-order valence-electron chi connectivity index (χ1n) is 7.23. The number of nitrogens with zero attached hydrogens (tertiary/aromatic N) is 2.